The summed E-state index contributed by atoms with van der Waals surface area (Å²) < 4.78 is 0. The van der Waals surface area contributed by atoms with Gasteiger partial charge in [-0.15, -0.1) is 0 Å². The fraction of sp³-hybridized carbons (Fsp3) is 0.417. The second-order valence-electron chi connectivity index (χ2n) is 4.14. The number of piperidine rings is 1. The summed E-state index contributed by atoms with van der Waals surface area (Å²) in [6, 6.07) is 5.08. The van der Waals surface area contributed by atoms with Crippen LogP contribution in [0.25, 0.3) is 0 Å². The molecule has 1 aromatic carbocycles. The Bertz CT molecular complexity index is 417. The number of benzene rings is 1. The molecule has 3 nitrogen and oxygen atoms in total. The molecular formula is C12H14Cl2N2O. The molecule has 1 saturated heterocycles. The van der Waals surface area contributed by atoms with Crippen molar-refractivity contribution < 1.29 is 4.79 Å². The van der Waals surface area contributed by atoms with Gasteiger partial charge in [-0.25, -0.2) is 0 Å². The number of carbonyl (C=O) groups is 1. The SMILES string of the molecule is O=C(NC1CCCNC1)c1ccc(Cl)cc1Cl. The van der Waals surface area contributed by atoms with E-state index in [1.165, 1.54) is 0 Å². The molecule has 1 fully saturated rings. The first-order valence-corrected chi connectivity index (χ1v) is 6.39. The minimum Gasteiger partial charge on any atom is -0.348 e. The molecule has 0 saturated carbocycles. The molecule has 0 aromatic heterocycles. The predicted octanol–water partition coefficient (Wildman–Crippen LogP) is 2.48. The maximum Gasteiger partial charge on any atom is 0.253 e. The second-order valence-corrected chi connectivity index (χ2v) is 4.98. The first-order chi connectivity index (χ1) is 8.16. The van der Waals surface area contributed by atoms with Crippen LogP contribution >= 0.6 is 23.2 Å². The van der Waals surface area contributed by atoms with E-state index in [4.69, 9.17) is 23.2 Å². The van der Waals surface area contributed by atoms with Crippen molar-refractivity contribution in [3.8, 4) is 0 Å². The molecule has 1 aliphatic heterocycles. The van der Waals surface area contributed by atoms with Gasteiger partial charge in [0.2, 0.25) is 0 Å². The molecule has 5 heteroatoms. The van der Waals surface area contributed by atoms with Gasteiger partial charge in [-0.3, -0.25) is 4.79 Å². The normalized spacial score (nSPS) is 20.0. The number of amides is 1. The van der Waals surface area contributed by atoms with Crippen molar-refractivity contribution in [2.75, 3.05) is 13.1 Å². The summed E-state index contributed by atoms with van der Waals surface area (Å²) in [5, 5.41) is 7.13. The highest BCUT2D eigenvalue weighted by atomic mass is 35.5. The summed E-state index contributed by atoms with van der Waals surface area (Å²) in [5.74, 6) is -0.139. The van der Waals surface area contributed by atoms with Gasteiger partial charge < -0.3 is 10.6 Å². The number of nitrogens with one attached hydrogen (secondary N) is 2. The second kappa shape index (κ2) is 5.71. The smallest absolute Gasteiger partial charge is 0.253 e. The van der Waals surface area contributed by atoms with Gasteiger partial charge in [0.05, 0.1) is 10.6 Å². The van der Waals surface area contributed by atoms with E-state index in [1.807, 2.05) is 0 Å². The lowest BCUT2D eigenvalue weighted by molar-refractivity contribution is 0.0931. The summed E-state index contributed by atoms with van der Waals surface area (Å²) >= 11 is 11.8. The van der Waals surface area contributed by atoms with Crippen LogP contribution in [0.15, 0.2) is 18.2 Å². The van der Waals surface area contributed by atoms with Crippen LogP contribution in [0.2, 0.25) is 10.0 Å². The third-order valence-corrected chi connectivity index (χ3v) is 3.36. The molecule has 2 N–H and O–H groups in total. The number of hydrogen-bond acceptors (Lipinski definition) is 2. The van der Waals surface area contributed by atoms with Gasteiger partial charge in [-0.2, -0.15) is 0 Å². The number of rotatable bonds is 2. The highest BCUT2D eigenvalue weighted by Crippen LogP contribution is 2.21. The lowest BCUT2D eigenvalue weighted by Gasteiger charge is -2.23. The first-order valence-electron chi connectivity index (χ1n) is 5.63. The van der Waals surface area contributed by atoms with Crippen LogP contribution in [0.3, 0.4) is 0 Å². The van der Waals surface area contributed by atoms with E-state index in [-0.39, 0.29) is 11.9 Å². The molecule has 2 rings (SSSR count). The summed E-state index contributed by atoms with van der Waals surface area (Å²) in [6.45, 7) is 1.84. The largest absolute Gasteiger partial charge is 0.348 e. The number of halogens is 2. The highest BCUT2D eigenvalue weighted by molar-refractivity contribution is 6.36. The zero-order valence-electron chi connectivity index (χ0n) is 9.30. The molecule has 17 heavy (non-hydrogen) atoms. The van der Waals surface area contributed by atoms with Gasteiger partial charge in [-0.05, 0) is 37.6 Å². The van der Waals surface area contributed by atoms with Gasteiger partial charge in [0.1, 0.15) is 0 Å². The van der Waals surface area contributed by atoms with Gasteiger partial charge in [-0.1, -0.05) is 23.2 Å². The van der Waals surface area contributed by atoms with Crippen molar-refractivity contribution in [1.82, 2.24) is 10.6 Å². The zero-order valence-corrected chi connectivity index (χ0v) is 10.8. The van der Waals surface area contributed by atoms with Crippen molar-refractivity contribution in [3.63, 3.8) is 0 Å². The van der Waals surface area contributed by atoms with Crippen LogP contribution in [0, 0.1) is 0 Å². The Kier molecular flexibility index (Phi) is 4.26. The van der Waals surface area contributed by atoms with E-state index >= 15 is 0 Å². The van der Waals surface area contributed by atoms with Crippen LogP contribution in [-0.4, -0.2) is 25.0 Å². The minimum atomic E-state index is -0.139. The van der Waals surface area contributed by atoms with E-state index in [2.05, 4.69) is 10.6 Å². The summed E-state index contributed by atoms with van der Waals surface area (Å²) in [5.41, 5.74) is 0.474. The molecule has 0 aliphatic carbocycles. The van der Waals surface area contributed by atoms with Gasteiger partial charge in [0.25, 0.3) is 5.91 Å². The fourth-order valence-electron chi connectivity index (χ4n) is 1.91. The van der Waals surface area contributed by atoms with E-state index < -0.39 is 0 Å². The first kappa shape index (κ1) is 12.7. The van der Waals surface area contributed by atoms with Crippen molar-refractivity contribution >= 4 is 29.1 Å². The third kappa shape index (κ3) is 3.35. The molecular weight excluding hydrogens is 259 g/mol. The molecule has 1 aromatic rings. The quantitative estimate of drug-likeness (QED) is 0.869. The lowest BCUT2D eigenvalue weighted by Crippen LogP contribution is -2.45. The maximum atomic E-state index is 12.0. The molecule has 0 bridgehead atoms. The molecule has 0 radical (unpaired) electrons. The molecule has 1 heterocycles. The number of hydrogen-bond donors (Lipinski definition) is 2. The molecule has 1 atom stereocenters. The minimum absolute atomic E-state index is 0.139. The zero-order chi connectivity index (χ0) is 12.3. The van der Waals surface area contributed by atoms with E-state index in [9.17, 15) is 4.79 Å². The van der Waals surface area contributed by atoms with Crippen LogP contribution in [0.1, 0.15) is 23.2 Å². The van der Waals surface area contributed by atoms with Crippen molar-refractivity contribution in [2.24, 2.45) is 0 Å². The standard InChI is InChI=1S/C12H14Cl2N2O/c13-8-3-4-10(11(14)6-8)12(17)16-9-2-1-5-15-7-9/h3-4,6,9,15H,1-2,5,7H2,(H,16,17). The fourth-order valence-corrected chi connectivity index (χ4v) is 2.41. The van der Waals surface area contributed by atoms with E-state index in [0.29, 0.717) is 15.6 Å². The summed E-state index contributed by atoms with van der Waals surface area (Å²) in [6.07, 6.45) is 2.09. The van der Waals surface area contributed by atoms with Crippen molar-refractivity contribution in [3.05, 3.63) is 33.8 Å². The molecule has 1 aliphatic rings. The topological polar surface area (TPSA) is 41.1 Å². The van der Waals surface area contributed by atoms with Crippen molar-refractivity contribution in [2.45, 2.75) is 18.9 Å². The van der Waals surface area contributed by atoms with E-state index in [0.717, 1.165) is 25.9 Å². The van der Waals surface area contributed by atoms with Crippen LogP contribution in [-0.2, 0) is 0 Å². The molecule has 1 amide bonds. The third-order valence-electron chi connectivity index (χ3n) is 2.81. The summed E-state index contributed by atoms with van der Waals surface area (Å²) in [7, 11) is 0. The van der Waals surface area contributed by atoms with Crippen molar-refractivity contribution in [1.29, 1.82) is 0 Å². The Balaban J connectivity index is 2.03. The monoisotopic (exact) mass is 272 g/mol. The van der Waals surface area contributed by atoms with Crippen LogP contribution in [0.5, 0.6) is 0 Å². The average molecular weight is 273 g/mol. The highest BCUT2D eigenvalue weighted by Gasteiger charge is 2.17. The van der Waals surface area contributed by atoms with Gasteiger partial charge >= 0.3 is 0 Å². The Morgan fingerprint density at radius 1 is 1.41 bits per heavy atom. The summed E-state index contributed by atoms with van der Waals surface area (Å²) in [4.78, 5) is 12.0. The molecule has 0 spiro atoms. The maximum absolute atomic E-state index is 12.0. The van der Waals surface area contributed by atoms with Crippen LogP contribution in [0.4, 0.5) is 0 Å². The Hall–Kier alpha value is -0.770. The van der Waals surface area contributed by atoms with Gasteiger partial charge in [0, 0.05) is 17.6 Å². The molecule has 1 unspecified atom stereocenters. The molecule has 92 valence electrons. The number of carbonyl (C=O) groups excluding carboxylic acids is 1. The Morgan fingerprint density at radius 2 is 2.24 bits per heavy atom. The predicted molar refractivity (Wildman–Crippen MR) is 69.8 cm³/mol. The van der Waals surface area contributed by atoms with Gasteiger partial charge in [0.15, 0.2) is 0 Å². The Labute approximate surface area is 110 Å². The van der Waals surface area contributed by atoms with E-state index in [1.54, 1.807) is 18.2 Å². The average Bonchev–Trinajstić information content (AvgIpc) is 2.30. The Morgan fingerprint density at radius 3 is 2.88 bits per heavy atom. The lowest BCUT2D eigenvalue weighted by atomic mass is 10.1. The van der Waals surface area contributed by atoms with Crippen LogP contribution < -0.4 is 10.6 Å².